The van der Waals surface area contributed by atoms with Crippen molar-refractivity contribution in [2.75, 3.05) is 17.2 Å². The lowest BCUT2D eigenvalue weighted by Gasteiger charge is -2.09. The van der Waals surface area contributed by atoms with Crippen molar-refractivity contribution in [3.8, 4) is 6.07 Å². The van der Waals surface area contributed by atoms with Gasteiger partial charge < -0.3 is 10.6 Å². The van der Waals surface area contributed by atoms with Crippen LogP contribution in [0, 0.1) is 11.3 Å². The van der Waals surface area contributed by atoms with Crippen molar-refractivity contribution in [3.05, 3.63) is 58.1 Å². The van der Waals surface area contributed by atoms with Crippen LogP contribution in [-0.4, -0.2) is 12.5 Å². The Kier molecular flexibility index (Phi) is 5.65. The molecule has 0 saturated heterocycles. The number of carbonyl (C=O) groups excluding carboxylic acids is 1. The van der Waals surface area contributed by atoms with Crippen LogP contribution in [0.2, 0.25) is 10.0 Å². The molecule has 0 aliphatic rings. The van der Waals surface area contributed by atoms with Crippen molar-refractivity contribution in [3.63, 3.8) is 0 Å². The van der Waals surface area contributed by atoms with Gasteiger partial charge in [-0.3, -0.25) is 4.79 Å². The second-order valence-corrected chi connectivity index (χ2v) is 5.33. The van der Waals surface area contributed by atoms with E-state index in [0.29, 0.717) is 27.8 Å². The zero-order valence-corrected chi connectivity index (χ0v) is 13.1. The van der Waals surface area contributed by atoms with Crippen LogP contribution in [0.1, 0.15) is 12.0 Å². The summed E-state index contributed by atoms with van der Waals surface area (Å²) in [6.07, 6.45) is 0.264. The predicted molar refractivity (Wildman–Crippen MR) is 89.4 cm³/mol. The zero-order chi connectivity index (χ0) is 15.9. The van der Waals surface area contributed by atoms with Gasteiger partial charge in [-0.1, -0.05) is 35.3 Å². The summed E-state index contributed by atoms with van der Waals surface area (Å²) in [5.74, 6) is -0.171. The minimum atomic E-state index is -0.171. The molecule has 0 aliphatic heterocycles. The van der Waals surface area contributed by atoms with Gasteiger partial charge in [0, 0.05) is 18.7 Å². The molecule has 0 fully saturated rings. The number of benzene rings is 2. The minimum Gasteiger partial charge on any atom is -0.384 e. The van der Waals surface area contributed by atoms with E-state index >= 15 is 0 Å². The first kappa shape index (κ1) is 16.2. The molecule has 6 heteroatoms. The Balaban J connectivity index is 1.85. The van der Waals surface area contributed by atoms with Crippen LogP contribution in [-0.2, 0) is 4.79 Å². The molecule has 0 radical (unpaired) electrons. The summed E-state index contributed by atoms with van der Waals surface area (Å²) in [4.78, 5) is 11.9. The highest BCUT2D eigenvalue weighted by molar-refractivity contribution is 6.42. The highest BCUT2D eigenvalue weighted by atomic mass is 35.5. The first-order valence-electron chi connectivity index (χ1n) is 6.58. The van der Waals surface area contributed by atoms with Crippen molar-refractivity contribution in [2.45, 2.75) is 6.42 Å². The van der Waals surface area contributed by atoms with E-state index in [0.717, 1.165) is 5.69 Å². The molecule has 0 saturated carbocycles. The van der Waals surface area contributed by atoms with Gasteiger partial charge in [-0.05, 0) is 30.3 Å². The molecular weight excluding hydrogens is 321 g/mol. The molecule has 0 unspecified atom stereocenters. The number of halogens is 2. The van der Waals surface area contributed by atoms with Gasteiger partial charge in [0.1, 0.15) is 6.07 Å². The molecule has 0 atom stereocenters. The van der Waals surface area contributed by atoms with Crippen molar-refractivity contribution in [1.82, 2.24) is 0 Å². The molecule has 0 heterocycles. The zero-order valence-electron chi connectivity index (χ0n) is 11.6. The number of hydrogen-bond acceptors (Lipinski definition) is 3. The maximum absolute atomic E-state index is 11.9. The van der Waals surface area contributed by atoms with Gasteiger partial charge in [-0.25, -0.2) is 0 Å². The lowest BCUT2D eigenvalue weighted by Crippen LogP contribution is -2.16. The fourth-order valence-electron chi connectivity index (χ4n) is 1.83. The monoisotopic (exact) mass is 333 g/mol. The third kappa shape index (κ3) is 4.39. The number of hydrogen-bond donors (Lipinski definition) is 2. The number of para-hydroxylation sites is 1. The van der Waals surface area contributed by atoms with Crippen LogP contribution in [0.25, 0.3) is 0 Å². The standard InChI is InChI=1S/C16H13Cl2N3O/c17-13-6-5-12(9-14(13)18)20-8-7-16(22)21-15-4-2-1-3-11(15)10-19/h1-6,9,20H,7-8H2,(H,21,22). The molecular formula is C16H13Cl2N3O. The van der Waals surface area contributed by atoms with Crippen LogP contribution in [0.15, 0.2) is 42.5 Å². The van der Waals surface area contributed by atoms with E-state index in [4.69, 9.17) is 28.5 Å². The van der Waals surface area contributed by atoms with Gasteiger partial charge in [-0.15, -0.1) is 0 Å². The molecule has 0 spiro atoms. The summed E-state index contributed by atoms with van der Waals surface area (Å²) in [7, 11) is 0. The smallest absolute Gasteiger partial charge is 0.226 e. The minimum absolute atomic E-state index is 0.171. The number of nitriles is 1. The van der Waals surface area contributed by atoms with Gasteiger partial charge in [0.15, 0.2) is 0 Å². The maximum atomic E-state index is 11.9. The van der Waals surface area contributed by atoms with E-state index in [1.54, 1.807) is 42.5 Å². The van der Waals surface area contributed by atoms with Crippen LogP contribution in [0.3, 0.4) is 0 Å². The lowest BCUT2D eigenvalue weighted by atomic mass is 10.2. The number of amides is 1. The van der Waals surface area contributed by atoms with Crippen LogP contribution in [0.4, 0.5) is 11.4 Å². The Bertz CT molecular complexity index is 726. The molecule has 112 valence electrons. The predicted octanol–water partition coefficient (Wildman–Crippen LogP) is 4.31. The van der Waals surface area contributed by atoms with Gasteiger partial charge in [0.2, 0.25) is 5.91 Å². The van der Waals surface area contributed by atoms with Gasteiger partial charge in [-0.2, -0.15) is 5.26 Å². The van der Waals surface area contributed by atoms with Crippen molar-refractivity contribution < 1.29 is 4.79 Å². The SMILES string of the molecule is N#Cc1ccccc1NC(=O)CCNc1ccc(Cl)c(Cl)c1. The van der Waals surface area contributed by atoms with Crippen LogP contribution >= 0.6 is 23.2 Å². The summed E-state index contributed by atoms with van der Waals surface area (Å²) in [6, 6.07) is 14.1. The van der Waals surface area contributed by atoms with Crippen molar-refractivity contribution in [2.24, 2.45) is 0 Å². The fraction of sp³-hybridized carbons (Fsp3) is 0.125. The molecule has 2 aromatic carbocycles. The number of anilines is 2. The Hall–Kier alpha value is -2.22. The topological polar surface area (TPSA) is 64.9 Å². The summed E-state index contributed by atoms with van der Waals surface area (Å²) in [5.41, 5.74) is 1.75. The van der Waals surface area contributed by atoms with E-state index < -0.39 is 0 Å². The fourth-order valence-corrected chi connectivity index (χ4v) is 2.13. The molecule has 22 heavy (non-hydrogen) atoms. The van der Waals surface area contributed by atoms with E-state index in [-0.39, 0.29) is 12.3 Å². The molecule has 2 rings (SSSR count). The van der Waals surface area contributed by atoms with Crippen LogP contribution in [0.5, 0.6) is 0 Å². The lowest BCUT2D eigenvalue weighted by molar-refractivity contribution is -0.115. The van der Waals surface area contributed by atoms with Gasteiger partial charge in [0.05, 0.1) is 21.3 Å². The number of carbonyl (C=O) groups is 1. The van der Waals surface area contributed by atoms with Crippen LogP contribution < -0.4 is 10.6 Å². The third-order valence-electron chi connectivity index (χ3n) is 2.92. The first-order chi connectivity index (χ1) is 10.6. The summed E-state index contributed by atoms with van der Waals surface area (Å²) < 4.78 is 0. The molecule has 1 amide bonds. The normalized spacial score (nSPS) is 9.86. The average Bonchev–Trinajstić information content (AvgIpc) is 2.51. The van der Waals surface area contributed by atoms with E-state index in [1.807, 2.05) is 6.07 Å². The second-order valence-electron chi connectivity index (χ2n) is 4.51. The molecule has 2 N–H and O–H groups in total. The number of rotatable bonds is 5. The van der Waals surface area contributed by atoms with E-state index in [1.165, 1.54) is 0 Å². The van der Waals surface area contributed by atoms with Gasteiger partial charge in [0.25, 0.3) is 0 Å². The Morgan fingerprint density at radius 1 is 1.14 bits per heavy atom. The highest BCUT2D eigenvalue weighted by Gasteiger charge is 2.06. The molecule has 0 bridgehead atoms. The largest absolute Gasteiger partial charge is 0.384 e. The molecule has 0 aliphatic carbocycles. The molecule has 4 nitrogen and oxygen atoms in total. The Morgan fingerprint density at radius 3 is 2.64 bits per heavy atom. The van der Waals surface area contributed by atoms with Crippen molar-refractivity contribution >= 4 is 40.5 Å². The highest BCUT2D eigenvalue weighted by Crippen LogP contribution is 2.24. The number of nitrogens with one attached hydrogen (secondary N) is 2. The Labute approximate surface area is 138 Å². The second kappa shape index (κ2) is 7.69. The number of nitrogens with zero attached hydrogens (tertiary/aromatic N) is 1. The summed E-state index contributed by atoms with van der Waals surface area (Å²) in [5, 5.41) is 15.7. The molecule has 0 aromatic heterocycles. The first-order valence-corrected chi connectivity index (χ1v) is 7.33. The van der Waals surface area contributed by atoms with Gasteiger partial charge >= 0.3 is 0 Å². The van der Waals surface area contributed by atoms with Crippen molar-refractivity contribution in [1.29, 1.82) is 5.26 Å². The average molecular weight is 334 g/mol. The Morgan fingerprint density at radius 2 is 1.91 bits per heavy atom. The summed E-state index contributed by atoms with van der Waals surface area (Å²) >= 11 is 11.7. The summed E-state index contributed by atoms with van der Waals surface area (Å²) in [6.45, 7) is 0.443. The maximum Gasteiger partial charge on any atom is 0.226 e. The third-order valence-corrected chi connectivity index (χ3v) is 3.66. The quantitative estimate of drug-likeness (QED) is 0.856. The van der Waals surface area contributed by atoms with E-state index in [9.17, 15) is 4.79 Å². The molecule has 2 aromatic rings. The van der Waals surface area contributed by atoms with E-state index in [2.05, 4.69) is 10.6 Å².